The van der Waals surface area contributed by atoms with E-state index in [0.29, 0.717) is 43.4 Å². The van der Waals surface area contributed by atoms with Crippen molar-refractivity contribution in [2.24, 2.45) is 0 Å². The molecule has 1 atom stereocenters. The Morgan fingerprint density at radius 3 is 3.00 bits per heavy atom. The predicted molar refractivity (Wildman–Crippen MR) is 112 cm³/mol. The Bertz CT molecular complexity index is 959. The van der Waals surface area contributed by atoms with Gasteiger partial charge in [0.05, 0.1) is 18.8 Å². The summed E-state index contributed by atoms with van der Waals surface area (Å²) in [7, 11) is 0. The number of hydrogen-bond donors (Lipinski definition) is 2. The zero-order valence-corrected chi connectivity index (χ0v) is 17.1. The average Bonchev–Trinajstić information content (AvgIpc) is 3.05. The molecule has 0 spiro atoms. The summed E-state index contributed by atoms with van der Waals surface area (Å²) in [5.74, 6) is 2.07. The van der Waals surface area contributed by atoms with Crippen LogP contribution in [0.5, 0.6) is 0 Å². The maximum Gasteiger partial charge on any atom is 0.228 e. The van der Waals surface area contributed by atoms with Crippen LogP contribution in [0.3, 0.4) is 0 Å². The summed E-state index contributed by atoms with van der Waals surface area (Å²) in [5.41, 5.74) is 2.57. The van der Waals surface area contributed by atoms with Gasteiger partial charge in [-0.3, -0.25) is 4.68 Å². The molecule has 10 heteroatoms. The first-order valence-electron chi connectivity index (χ1n) is 10.00. The smallest absolute Gasteiger partial charge is 0.228 e. The predicted octanol–water partition coefficient (Wildman–Crippen LogP) is 1.50. The minimum atomic E-state index is 0.385. The van der Waals surface area contributed by atoms with E-state index in [-0.39, 0.29) is 0 Å². The number of piperazine rings is 1. The van der Waals surface area contributed by atoms with E-state index in [4.69, 9.17) is 19.8 Å². The van der Waals surface area contributed by atoms with Gasteiger partial charge in [0.15, 0.2) is 5.82 Å². The zero-order valence-electron chi connectivity index (χ0n) is 17.1. The molecule has 2 N–H and O–H groups in total. The lowest BCUT2D eigenvalue weighted by Gasteiger charge is -2.32. The van der Waals surface area contributed by atoms with Crippen molar-refractivity contribution in [3.63, 3.8) is 0 Å². The van der Waals surface area contributed by atoms with Gasteiger partial charge < -0.3 is 20.3 Å². The van der Waals surface area contributed by atoms with Gasteiger partial charge >= 0.3 is 0 Å². The highest BCUT2D eigenvalue weighted by Gasteiger charge is 2.23. The average molecular weight is 397 g/mol. The van der Waals surface area contributed by atoms with Gasteiger partial charge in [0.1, 0.15) is 23.2 Å². The second-order valence-corrected chi connectivity index (χ2v) is 7.10. The topological polar surface area (TPSA) is 106 Å². The second kappa shape index (κ2) is 8.66. The third-order valence-electron chi connectivity index (χ3n) is 4.88. The first-order chi connectivity index (χ1) is 14.2. The lowest BCUT2D eigenvalue weighted by Crippen LogP contribution is -2.49. The molecular formula is C19H27N9O. The van der Waals surface area contributed by atoms with E-state index in [9.17, 15) is 0 Å². The molecule has 0 aromatic carbocycles. The van der Waals surface area contributed by atoms with E-state index in [0.717, 1.165) is 36.4 Å². The minimum absolute atomic E-state index is 0.385. The van der Waals surface area contributed by atoms with Crippen LogP contribution in [0.15, 0.2) is 18.6 Å². The van der Waals surface area contributed by atoms with E-state index in [1.807, 2.05) is 24.6 Å². The van der Waals surface area contributed by atoms with Crippen molar-refractivity contribution in [1.82, 2.24) is 35.0 Å². The first-order valence-corrected chi connectivity index (χ1v) is 10.00. The number of aryl methyl sites for hydroxylation is 1. The molecule has 10 nitrogen and oxygen atoms in total. The van der Waals surface area contributed by atoms with E-state index >= 15 is 0 Å². The Morgan fingerprint density at radius 2 is 2.24 bits per heavy atom. The molecule has 154 valence electrons. The van der Waals surface area contributed by atoms with Crippen LogP contribution in [0.1, 0.15) is 19.5 Å². The summed E-state index contributed by atoms with van der Waals surface area (Å²) in [5, 5.41) is 11.5. The summed E-state index contributed by atoms with van der Waals surface area (Å²) in [4.78, 5) is 20.2. The van der Waals surface area contributed by atoms with Crippen LogP contribution in [0.25, 0.3) is 11.0 Å². The molecule has 0 unspecified atom stereocenters. The number of ether oxygens (including phenoxy) is 1. The maximum absolute atomic E-state index is 5.53. The van der Waals surface area contributed by atoms with Crippen LogP contribution in [0.2, 0.25) is 0 Å². The van der Waals surface area contributed by atoms with Gasteiger partial charge in [0, 0.05) is 38.5 Å². The molecule has 3 aromatic rings. The monoisotopic (exact) mass is 397 g/mol. The molecular weight excluding hydrogens is 370 g/mol. The number of rotatable bonds is 7. The number of aromatic nitrogens is 6. The van der Waals surface area contributed by atoms with Gasteiger partial charge in [-0.2, -0.15) is 10.1 Å². The third-order valence-corrected chi connectivity index (χ3v) is 4.88. The summed E-state index contributed by atoms with van der Waals surface area (Å²) in [6, 6.07) is 2.20. The molecule has 4 rings (SSSR count). The highest BCUT2D eigenvalue weighted by molar-refractivity contribution is 5.90. The number of nitrogens with zero attached hydrogens (tertiary/aromatic N) is 7. The molecule has 4 heterocycles. The maximum atomic E-state index is 5.53. The first kappa shape index (κ1) is 19.5. The standard InChI is InChI=1S/C19H27N9O/c1-4-29-10-9-28-17-16(14(3)26-28)24-19(27-8-7-21-13(2)11-27)25-18(17)23-15-5-6-20-12-22-15/h5-6,12-13,21H,4,7-11H2,1-3H3,(H,20,22,23,24,25)/t13-/m0/s1. The van der Waals surface area contributed by atoms with E-state index < -0.39 is 0 Å². The van der Waals surface area contributed by atoms with Crippen molar-refractivity contribution < 1.29 is 4.74 Å². The Morgan fingerprint density at radius 1 is 1.34 bits per heavy atom. The van der Waals surface area contributed by atoms with Crippen LogP contribution in [-0.2, 0) is 11.3 Å². The summed E-state index contributed by atoms with van der Waals surface area (Å²) in [6.45, 7) is 10.6. The van der Waals surface area contributed by atoms with Crippen LogP contribution in [0, 0.1) is 6.92 Å². The van der Waals surface area contributed by atoms with Crippen LogP contribution >= 0.6 is 0 Å². The fraction of sp³-hybridized carbons (Fsp3) is 0.526. The number of fused-ring (bicyclic) bond motifs is 1. The fourth-order valence-electron chi connectivity index (χ4n) is 3.50. The molecule has 1 aliphatic rings. The number of anilines is 3. The number of hydrogen-bond acceptors (Lipinski definition) is 9. The van der Waals surface area contributed by atoms with E-state index in [1.54, 1.807) is 6.20 Å². The Kier molecular flexibility index (Phi) is 5.81. The van der Waals surface area contributed by atoms with Crippen molar-refractivity contribution in [2.75, 3.05) is 43.1 Å². The Hall–Kier alpha value is -2.85. The van der Waals surface area contributed by atoms with Crippen LogP contribution in [0.4, 0.5) is 17.6 Å². The van der Waals surface area contributed by atoms with Gasteiger partial charge in [0.25, 0.3) is 0 Å². The summed E-state index contributed by atoms with van der Waals surface area (Å²) >= 11 is 0. The molecule has 1 aliphatic heterocycles. The van der Waals surface area contributed by atoms with Gasteiger partial charge in [-0.15, -0.1) is 0 Å². The molecule has 0 saturated carbocycles. The lowest BCUT2D eigenvalue weighted by molar-refractivity contribution is 0.137. The molecule has 1 saturated heterocycles. The Labute approximate surface area is 169 Å². The second-order valence-electron chi connectivity index (χ2n) is 7.10. The van der Waals surface area contributed by atoms with Gasteiger partial charge in [0.2, 0.25) is 5.95 Å². The van der Waals surface area contributed by atoms with Crippen molar-refractivity contribution >= 4 is 28.6 Å². The lowest BCUT2D eigenvalue weighted by atomic mass is 10.2. The minimum Gasteiger partial charge on any atom is -0.380 e. The van der Waals surface area contributed by atoms with Gasteiger partial charge in [-0.25, -0.2) is 15.0 Å². The van der Waals surface area contributed by atoms with Crippen LogP contribution in [-0.4, -0.2) is 68.6 Å². The molecule has 0 bridgehead atoms. The Balaban J connectivity index is 1.77. The van der Waals surface area contributed by atoms with E-state index in [1.165, 1.54) is 6.33 Å². The molecule has 3 aromatic heterocycles. The molecule has 0 amide bonds. The third kappa shape index (κ3) is 4.28. The highest BCUT2D eigenvalue weighted by Crippen LogP contribution is 2.28. The normalized spacial score (nSPS) is 17.1. The number of nitrogens with one attached hydrogen (secondary N) is 2. The van der Waals surface area contributed by atoms with Crippen molar-refractivity contribution in [3.05, 3.63) is 24.3 Å². The zero-order chi connectivity index (χ0) is 20.2. The van der Waals surface area contributed by atoms with Gasteiger partial charge in [-0.1, -0.05) is 0 Å². The molecule has 0 radical (unpaired) electrons. The quantitative estimate of drug-likeness (QED) is 0.574. The van der Waals surface area contributed by atoms with Gasteiger partial charge in [-0.05, 0) is 26.8 Å². The molecule has 1 fully saturated rings. The van der Waals surface area contributed by atoms with Crippen LogP contribution < -0.4 is 15.5 Å². The van der Waals surface area contributed by atoms with E-state index in [2.05, 4.69) is 32.4 Å². The van der Waals surface area contributed by atoms with Crippen molar-refractivity contribution in [2.45, 2.75) is 33.4 Å². The van der Waals surface area contributed by atoms with Crippen molar-refractivity contribution in [1.29, 1.82) is 0 Å². The highest BCUT2D eigenvalue weighted by atomic mass is 16.5. The molecule has 29 heavy (non-hydrogen) atoms. The summed E-state index contributed by atoms with van der Waals surface area (Å²) in [6.07, 6.45) is 3.21. The SMILES string of the molecule is CCOCCn1nc(C)c2nc(N3CCN[C@@H](C)C3)nc(Nc3ccncn3)c21. The largest absolute Gasteiger partial charge is 0.380 e. The van der Waals surface area contributed by atoms with Crippen molar-refractivity contribution in [3.8, 4) is 0 Å². The molecule has 0 aliphatic carbocycles. The summed E-state index contributed by atoms with van der Waals surface area (Å²) < 4.78 is 7.44. The fourth-order valence-corrected chi connectivity index (χ4v) is 3.50.